The number of piperidine rings is 3. The summed E-state index contributed by atoms with van der Waals surface area (Å²) < 4.78 is 1.88. The Labute approximate surface area is 161 Å². The van der Waals surface area contributed by atoms with E-state index in [4.69, 9.17) is 0 Å². The molecular formula is C22H28N4O. The highest BCUT2D eigenvalue weighted by Crippen LogP contribution is 2.46. The van der Waals surface area contributed by atoms with Crippen LogP contribution in [-0.2, 0) is 0 Å². The van der Waals surface area contributed by atoms with E-state index in [0.29, 0.717) is 23.9 Å². The number of likely N-dealkylation sites (tertiary alicyclic amines) is 1. The van der Waals surface area contributed by atoms with Crippen LogP contribution in [0, 0.1) is 5.92 Å². The SMILES string of the molecule is CC(C)n1cc(C(=O)N2C[C@H](c3ccccc3)[C@H]3[C@@H]2C2CCN3CC2)cn1. The maximum Gasteiger partial charge on any atom is 0.257 e. The highest BCUT2D eigenvalue weighted by Gasteiger charge is 2.54. The summed E-state index contributed by atoms with van der Waals surface area (Å²) in [6, 6.07) is 11.9. The molecule has 142 valence electrons. The second-order valence-electron chi connectivity index (χ2n) is 8.63. The van der Waals surface area contributed by atoms with Crippen molar-refractivity contribution in [3.63, 3.8) is 0 Å². The van der Waals surface area contributed by atoms with Crippen molar-refractivity contribution in [1.82, 2.24) is 19.6 Å². The van der Waals surface area contributed by atoms with Gasteiger partial charge in [-0.05, 0) is 51.3 Å². The predicted octanol–water partition coefficient (Wildman–Crippen LogP) is 3.17. The normalized spacial score (nSPS) is 32.1. The summed E-state index contributed by atoms with van der Waals surface area (Å²) in [5.41, 5.74) is 2.10. The summed E-state index contributed by atoms with van der Waals surface area (Å²) in [4.78, 5) is 18.3. The molecule has 0 unspecified atom stereocenters. The lowest BCUT2D eigenvalue weighted by molar-refractivity contribution is -0.00341. The minimum atomic E-state index is 0.157. The molecule has 1 aromatic heterocycles. The Bertz CT molecular complexity index is 822. The van der Waals surface area contributed by atoms with Gasteiger partial charge in [0.2, 0.25) is 0 Å². The van der Waals surface area contributed by atoms with Crippen molar-refractivity contribution >= 4 is 5.91 Å². The summed E-state index contributed by atoms with van der Waals surface area (Å²) >= 11 is 0. The van der Waals surface area contributed by atoms with Crippen LogP contribution in [0.5, 0.6) is 0 Å². The van der Waals surface area contributed by atoms with Gasteiger partial charge in [-0.3, -0.25) is 14.4 Å². The molecule has 1 amide bonds. The summed E-state index contributed by atoms with van der Waals surface area (Å²) in [6.45, 7) is 7.36. The topological polar surface area (TPSA) is 41.4 Å². The Hall–Kier alpha value is -2.14. The van der Waals surface area contributed by atoms with Gasteiger partial charge in [-0.2, -0.15) is 5.10 Å². The first-order valence-electron chi connectivity index (χ1n) is 10.3. The van der Waals surface area contributed by atoms with Crippen LogP contribution in [0.15, 0.2) is 42.7 Å². The fraction of sp³-hybridized carbons (Fsp3) is 0.545. The number of benzene rings is 1. The number of fused-ring (bicyclic) bond motifs is 2. The average Bonchev–Trinajstić information content (AvgIpc) is 3.36. The molecule has 5 heteroatoms. The van der Waals surface area contributed by atoms with Gasteiger partial charge in [-0.15, -0.1) is 0 Å². The lowest BCUT2D eigenvalue weighted by Gasteiger charge is -2.51. The van der Waals surface area contributed by atoms with Crippen LogP contribution in [0.4, 0.5) is 0 Å². The Balaban J connectivity index is 1.49. The second-order valence-corrected chi connectivity index (χ2v) is 8.63. The zero-order chi connectivity index (χ0) is 18.5. The number of amides is 1. The van der Waals surface area contributed by atoms with Crippen molar-refractivity contribution in [2.45, 2.75) is 50.7 Å². The largest absolute Gasteiger partial charge is 0.333 e. The number of carbonyl (C=O) groups excluding carboxylic acids is 1. The van der Waals surface area contributed by atoms with Crippen LogP contribution in [-0.4, -0.2) is 57.2 Å². The van der Waals surface area contributed by atoms with Gasteiger partial charge in [-0.25, -0.2) is 0 Å². The van der Waals surface area contributed by atoms with Gasteiger partial charge < -0.3 is 4.90 Å². The van der Waals surface area contributed by atoms with Gasteiger partial charge in [0, 0.05) is 30.7 Å². The minimum absolute atomic E-state index is 0.157. The second kappa shape index (κ2) is 6.48. The molecule has 0 aliphatic carbocycles. The molecule has 2 aromatic rings. The van der Waals surface area contributed by atoms with E-state index < -0.39 is 0 Å². The molecule has 1 aromatic carbocycles. The minimum Gasteiger partial charge on any atom is -0.333 e. The van der Waals surface area contributed by atoms with Gasteiger partial charge >= 0.3 is 0 Å². The maximum atomic E-state index is 13.4. The van der Waals surface area contributed by atoms with Gasteiger partial charge in [-0.1, -0.05) is 30.3 Å². The quantitative estimate of drug-likeness (QED) is 0.840. The molecular weight excluding hydrogens is 336 g/mol. The van der Waals surface area contributed by atoms with Crippen LogP contribution in [0.1, 0.15) is 54.6 Å². The fourth-order valence-electron chi connectivity index (χ4n) is 5.54. The van der Waals surface area contributed by atoms with Crippen LogP contribution >= 0.6 is 0 Å². The van der Waals surface area contributed by atoms with Crippen molar-refractivity contribution in [3.05, 3.63) is 53.9 Å². The number of rotatable bonds is 3. The summed E-state index contributed by atoms with van der Waals surface area (Å²) in [5, 5.41) is 4.40. The van der Waals surface area contributed by atoms with Crippen LogP contribution < -0.4 is 0 Å². The Morgan fingerprint density at radius 3 is 2.52 bits per heavy atom. The molecule has 0 saturated carbocycles. The third kappa shape index (κ3) is 2.71. The van der Waals surface area contributed by atoms with Crippen molar-refractivity contribution in [3.8, 4) is 0 Å². The molecule has 27 heavy (non-hydrogen) atoms. The summed E-state index contributed by atoms with van der Waals surface area (Å²) in [5.74, 6) is 1.20. The van der Waals surface area contributed by atoms with E-state index in [1.54, 1.807) is 6.20 Å². The number of aromatic nitrogens is 2. The third-order valence-electron chi connectivity index (χ3n) is 6.86. The molecule has 0 radical (unpaired) electrons. The Kier molecular flexibility index (Phi) is 4.08. The molecule has 0 spiro atoms. The van der Waals surface area contributed by atoms with E-state index in [2.05, 4.69) is 59.1 Å². The third-order valence-corrected chi connectivity index (χ3v) is 6.86. The van der Waals surface area contributed by atoms with Gasteiger partial charge in [0.25, 0.3) is 5.91 Å². The summed E-state index contributed by atoms with van der Waals surface area (Å²) in [7, 11) is 0. The lowest BCUT2D eigenvalue weighted by atomic mass is 9.75. The monoisotopic (exact) mass is 364 g/mol. The molecule has 0 N–H and O–H groups in total. The number of hydrogen-bond donors (Lipinski definition) is 0. The predicted molar refractivity (Wildman–Crippen MR) is 105 cm³/mol. The molecule has 4 saturated heterocycles. The first-order valence-corrected chi connectivity index (χ1v) is 10.3. The molecule has 3 atom stereocenters. The molecule has 2 bridgehead atoms. The first kappa shape index (κ1) is 17.0. The first-order chi connectivity index (χ1) is 13.1. The zero-order valence-corrected chi connectivity index (χ0v) is 16.2. The fourth-order valence-corrected chi connectivity index (χ4v) is 5.54. The summed E-state index contributed by atoms with van der Waals surface area (Å²) in [6.07, 6.45) is 6.10. The van der Waals surface area contributed by atoms with Crippen LogP contribution in [0.3, 0.4) is 0 Å². The van der Waals surface area contributed by atoms with Crippen LogP contribution in [0.2, 0.25) is 0 Å². The number of nitrogens with zero attached hydrogens (tertiary/aromatic N) is 4. The van der Waals surface area contributed by atoms with Crippen molar-refractivity contribution in [1.29, 1.82) is 0 Å². The lowest BCUT2D eigenvalue weighted by Crippen LogP contribution is -2.60. The number of carbonyl (C=O) groups is 1. The molecule has 5 heterocycles. The smallest absolute Gasteiger partial charge is 0.257 e. The van der Waals surface area contributed by atoms with Gasteiger partial charge in [0.15, 0.2) is 0 Å². The van der Waals surface area contributed by atoms with E-state index in [-0.39, 0.29) is 11.9 Å². The van der Waals surface area contributed by atoms with Gasteiger partial charge in [0.05, 0.1) is 17.8 Å². The van der Waals surface area contributed by atoms with E-state index in [1.807, 2.05) is 10.9 Å². The van der Waals surface area contributed by atoms with Crippen molar-refractivity contribution in [2.75, 3.05) is 19.6 Å². The van der Waals surface area contributed by atoms with Crippen LogP contribution in [0.25, 0.3) is 0 Å². The maximum absolute atomic E-state index is 13.4. The van der Waals surface area contributed by atoms with Crippen molar-refractivity contribution < 1.29 is 4.79 Å². The highest BCUT2D eigenvalue weighted by molar-refractivity contribution is 5.94. The van der Waals surface area contributed by atoms with Crippen molar-refractivity contribution in [2.24, 2.45) is 5.92 Å². The average molecular weight is 364 g/mol. The zero-order valence-electron chi connectivity index (χ0n) is 16.2. The Morgan fingerprint density at radius 2 is 1.85 bits per heavy atom. The van der Waals surface area contributed by atoms with E-state index >= 15 is 0 Å². The molecule has 4 aliphatic rings. The number of hydrogen-bond acceptors (Lipinski definition) is 3. The van der Waals surface area contributed by atoms with E-state index in [0.717, 1.165) is 12.1 Å². The van der Waals surface area contributed by atoms with E-state index in [1.165, 1.54) is 31.5 Å². The standard InChI is InChI=1S/C22H28N4O/c1-15(2)26-13-18(12-23-26)22(27)25-14-19(16-6-4-3-5-7-16)21-20(25)17-8-10-24(21)11-9-17/h3-7,12-13,15,17,19-21H,8-11,14H2,1-2H3/t19-,20+,21+/m1/s1. The highest BCUT2D eigenvalue weighted by atomic mass is 16.2. The Morgan fingerprint density at radius 1 is 1.11 bits per heavy atom. The van der Waals surface area contributed by atoms with Gasteiger partial charge in [0.1, 0.15) is 0 Å². The molecule has 5 nitrogen and oxygen atoms in total. The molecule has 4 aliphatic heterocycles. The molecule has 4 fully saturated rings. The van der Waals surface area contributed by atoms with E-state index in [9.17, 15) is 4.79 Å². The molecule has 6 rings (SSSR count).